The largest absolute Gasteiger partial charge is 0.726 e. The molecule has 0 amide bonds. The van der Waals surface area contributed by atoms with E-state index in [4.69, 9.17) is 0 Å². The van der Waals surface area contributed by atoms with E-state index in [2.05, 4.69) is 29.3 Å². The summed E-state index contributed by atoms with van der Waals surface area (Å²) < 4.78 is 31.9. The normalized spacial score (nSPS) is 23.0. The van der Waals surface area contributed by atoms with Gasteiger partial charge in [0.05, 0.1) is 26.9 Å². The Bertz CT molecular complexity index is 337. The summed E-state index contributed by atoms with van der Waals surface area (Å²) in [6, 6.07) is 0. The average molecular weight is 250 g/mol. The molecule has 0 spiro atoms. The number of unbranched alkanes of at least 4 members (excludes halogenated alkanes) is 1. The lowest BCUT2D eigenvalue weighted by Crippen LogP contribution is -2.35. The molecule has 0 aromatic heterocycles. The molecule has 0 N–H and O–H groups in total. The maximum absolute atomic E-state index is 9.22. The third-order valence-electron chi connectivity index (χ3n) is 2.02. The number of aliphatic imine (C=N–C) groups is 1. The Labute approximate surface area is 96.8 Å². The fourth-order valence-corrected chi connectivity index (χ4v) is 1.05. The Morgan fingerprint density at radius 1 is 1.50 bits per heavy atom. The Hall–Kier alpha value is -0.760. The van der Waals surface area contributed by atoms with Gasteiger partial charge in [-0.05, 0) is 6.42 Å². The third-order valence-corrected chi connectivity index (χ3v) is 2.43. The summed E-state index contributed by atoms with van der Waals surface area (Å²) in [6.45, 7) is 3.39. The van der Waals surface area contributed by atoms with Crippen LogP contribution in [0.3, 0.4) is 0 Å². The second-order valence-corrected chi connectivity index (χ2v) is 4.71. The van der Waals surface area contributed by atoms with Gasteiger partial charge in [0.1, 0.15) is 6.20 Å². The van der Waals surface area contributed by atoms with E-state index < -0.39 is 10.4 Å². The smallest absolute Gasteiger partial charge is 0.217 e. The van der Waals surface area contributed by atoms with Crippen LogP contribution in [0.4, 0.5) is 0 Å². The fraction of sp³-hybridized carbons (Fsp3) is 0.667. The SMILES string of the molecule is CCCC[N+]1(C)C=CN=C1.COS(=O)(=O)[O-]. The van der Waals surface area contributed by atoms with E-state index in [1.807, 2.05) is 12.5 Å². The minimum atomic E-state index is -4.41. The monoisotopic (exact) mass is 250 g/mol. The molecular weight excluding hydrogens is 232 g/mol. The molecule has 1 heterocycles. The van der Waals surface area contributed by atoms with Crippen LogP contribution in [-0.4, -0.2) is 44.5 Å². The van der Waals surface area contributed by atoms with Crippen molar-refractivity contribution in [3.63, 3.8) is 0 Å². The first-order chi connectivity index (χ1) is 7.33. The second-order valence-electron chi connectivity index (χ2n) is 3.56. The van der Waals surface area contributed by atoms with E-state index in [1.165, 1.54) is 19.4 Å². The molecule has 1 unspecified atom stereocenters. The van der Waals surface area contributed by atoms with Crippen molar-refractivity contribution in [2.45, 2.75) is 19.8 Å². The maximum Gasteiger partial charge on any atom is 0.217 e. The first-order valence-electron chi connectivity index (χ1n) is 4.91. The summed E-state index contributed by atoms with van der Waals surface area (Å²) in [4.78, 5) is 4.06. The van der Waals surface area contributed by atoms with Crippen LogP contribution < -0.4 is 0 Å². The van der Waals surface area contributed by atoms with Crippen molar-refractivity contribution in [3.05, 3.63) is 12.4 Å². The van der Waals surface area contributed by atoms with Crippen molar-refractivity contribution in [2.24, 2.45) is 4.99 Å². The van der Waals surface area contributed by atoms with Gasteiger partial charge in [-0.3, -0.25) is 8.67 Å². The van der Waals surface area contributed by atoms with Gasteiger partial charge in [0.2, 0.25) is 10.4 Å². The molecule has 16 heavy (non-hydrogen) atoms. The zero-order chi connectivity index (χ0) is 12.7. The van der Waals surface area contributed by atoms with Crippen LogP contribution in [0.2, 0.25) is 0 Å². The quantitative estimate of drug-likeness (QED) is 0.421. The molecule has 7 heteroatoms. The lowest BCUT2D eigenvalue weighted by Gasteiger charge is -2.20. The molecule has 1 atom stereocenters. The van der Waals surface area contributed by atoms with E-state index in [1.54, 1.807) is 0 Å². The lowest BCUT2D eigenvalue weighted by molar-refractivity contribution is -0.756. The standard InChI is InChI=1S/C8H15N2.CH4O4S/c1-3-4-6-10(2)7-5-9-8-10;1-5-6(2,3)4/h5,7-8H,3-4,6H2,1-2H3;1H3,(H,2,3,4)/q+1;/p-1. The van der Waals surface area contributed by atoms with Crippen LogP contribution in [0, 0.1) is 0 Å². The Morgan fingerprint density at radius 3 is 2.38 bits per heavy atom. The van der Waals surface area contributed by atoms with Crippen LogP contribution in [0.5, 0.6) is 0 Å². The van der Waals surface area contributed by atoms with Gasteiger partial charge in [-0.15, -0.1) is 0 Å². The van der Waals surface area contributed by atoms with Gasteiger partial charge in [-0.25, -0.2) is 13.4 Å². The van der Waals surface area contributed by atoms with Crippen molar-refractivity contribution in [3.8, 4) is 0 Å². The first-order valence-corrected chi connectivity index (χ1v) is 6.24. The van der Waals surface area contributed by atoms with Crippen LogP contribution in [0.15, 0.2) is 17.4 Å². The molecule has 1 aliphatic rings. The predicted octanol–water partition coefficient (Wildman–Crippen LogP) is 0.839. The molecule has 0 fully saturated rings. The van der Waals surface area contributed by atoms with E-state index in [9.17, 15) is 13.0 Å². The molecule has 0 aliphatic carbocycles. The zero-order valence-electron chi connectivity index (χ0n) is 9.79. The highest BCUT2D eigenvalue weighted by atomic mass is 32.3. The van der Waals surface area contributed by atoms with Crippen LogP contribution in [0.25, 0.3) is 0 Å². The highest BCUT2D eigenvalue weighted by Crippen LogP contribution is 2.08. The summed E-state index contributed by atoms with van der Waals surface area (Å²) in [5.74, 6) is 0. The van der Waals surface area contributed by atoms with Crippen LogP contribution in [0.1, 0.15) is 19.8 Å². The van der Waals surface area contributed by atoms with Crippen LogP contribution >= 0.6 is 0 Å². The summed E-state index contributed by atoms with van der Waals surface area (Å²) in [5.41, 5.74) is 0. The van der Waals surface area contributed by atoms with Gasteiger partial charge in [-0.1, -0.05) is 13.3 Å². The summed E-state index contributed by atoms with van der Waals surface area (Å²) >= 11 is 0. The molecule has 0 bridgehead atoms. The van der Waals surface area contributed by atoms with Crippen molar-refractivity contribution < 1.29 is 21.6 Å². The highest BCUT2D eigenvalue weighted by Gasteiger charge is 2.17. The number of hydrogen-bond acceptors (Lipinski definition) is 5. The lowest BCUT2D eigenvalue weighted by atomic mass is 10.3. The highest BCUT2D eigenvalue weighted by molar-refractivity contribution is 7.80. The molecular formula is C9H18N2O4S. The summed E-state index contributed by atoms with van der Waals surface area (Å²) in [7, 11) is -1.43. The second kappa shape index (κ2) is 6.74. The molecule has 94 valence electrons. The average Bonchev–Trinajstić information content (AvgIpc) is 2.63. The van der Waals surface area contributed by atoms with E-state index >= 15 is 0 Å². The van der Waals surface area contributed by atoms with Gasteiger partial charge >= 0.3 is 0 Å². The predicted molar refractivity (Wildman–Crippen MR) is 60.3 cm³/mol. The van der Waals surface area contributed by atoms with Crippen molar-refractivity contribution >= 4 is 16.7 Å². The molecule has 0 aromatic rings. The van der Waals surface area contributed by atoms with Crippen LogP contribution in [-0.2, 0) is 14.6 Å². The minimum absolute atomic E-state index is 0.808. The third kappa shape index (κ3) is 7.52. The zero-order valence-corrected chi connectivity index (χ0v) is 10.6. The Kier molecular flexibility index (Phi) is 6.42. The topological polar surface area (TPSA) is 78.8 Å². The van der Waals surface area contributed by atoms with E-state index in [0.29, 0.717) is 0 Å². The van der Waals surface area contributed by atoms with Crippen molar-refractivity contribution in [1.82, 2.24) is 0 Å². The van der Waals surface area contributed by atoms with Crippen molar-refractivity contribution in [1.29, 1.82) is 0 Å². The van der Waals surface area contributed by atoms with Gasteiger partial charge in [0.25, 0.3) is 0 Å². The molecule has 1 rings (SSSR count). The molecule has 0 aromatic carbocycles. The van der Waals surface area contributed by atoms with Gasteiger partial charge in [0.15, 0.2) is 6.34 Å². The van der Waals surface area contributed by atoms with Gasteiger partial charge < -0.3 is 4.55 Å². The van der Waals surface area contributed by atoms with Gasteiger partial charge in [-0.2, -0.15) is 0 Å². The summed E-state index contributed by atoms with van der Waals surface area (Å²) in [5, 5.41) is 0. The maximum atomic E-state index is 9.22. The van der Waals surface area contributed by atoms with E-state index in [-0.39, 0.29) is 0 Å². The number of nitrogens with zero attached hydrogens (tertiary/aromatic N) is 2. The first kappa shape index (κ1) is 15.2. The summed E-state index contributed by atoms with van der Waals surface area (Å²) in [6.07, 6.45) is 8.50. The molecule has 0 radical (unpaired) electrons. The number of rotatable bonds is 4. The molecule has 0 saturated carbocycles. The molecule has 1 aliphatic heterocycles. The van der Waals surface area contributed by atoms with E-state index in [0.717, 1.165) is 11.6 Å². The Balaban J connectivity index is 0.000000325. The van der Waals surface area contributed by atoms with Gasteiger partial charge in [0, 0.05) is 0 Å². The minimum Gasteiger partial charge on any atom is -0.726 e. The fourth-order valence-electron chi connectivity index (χ4n) is 1.05. The Morgan fingerprint density at radius 2 is 2.06 bits per heavy atom. The number of quaternary nitrogens is 1. The molecule has 0 saturated heterocycles. The number of hydrogen-bond donors (Lipinski definition) is 0. The van der Waals surface area contributed by atoms with Crippen molar-refractivity contribution in [2.75, 3.05) is 20.7 Å². The molecule has 6 nitrogen and oxygen atoms in total.